The summed E-state index contributed by atoms with van der Waals surface area (Å²) < 4.78 is 0. The normalized spacial score (nSPS) is 17.8. The van der Waals surface area contributed by atoms with E-state index >= 15 is 0 Å². The van der Waals surface area contributed by atoms with Crippen LogP contribution >= 0.6 is 0 Å². The Bertz CT molecular complexity index is 156. The molecule has 0 unspecified atom stereocenters. The number of nitrogens with zero attached hydrogens (tertiary/aromatic N) is 1. The molecule has 0 aromatic rings. The van der Waals surface area contributed by atoms with Gasteiger partial charge in [-0.25, -0.2) is 4.99 Å². The number of amides is 1. The summed E-state index contributed by atoms with van der Waals surface area (Å²) in [5.41, 5.74) is 0. The van der Waals surface area contributed by atoms with Crippen molar-refractivity contribution in [1.82, 2.24) is 5.32 Å². The zero-order valence-corrected chi connectivity index (χ0v) is 4.35. The third-order valence-electron chi connectivity index (χ3n) is 0.840. The largest absolute Gasteiger partial charge is 0.324 e. The van der Waals surface area contributed by atoms with Crippen molar-refractivity contribution in [1.29, 1.82) is 0 Å². The number of aliphatic imine (C=N–C) groups is 1. The number of nitrogens with one attached hydrogen (secondary N) is 1. The Morgan fingerprint density at radius 1 is 1.88 bits per heavy atom. The Kier molecular flexibility index (Phi) is 1.45. The molecule has 0 saturated heterocycles. The number of hydrogen-bond donors (Lipinski definition) is 1. The van der Waals surface area contributed by atoms with Crippen molar-refractivity contribution in [3.8, 4) is 0 Å². The van der Waals surface area contributed by atoms with Crippen molar-refractivity contribution in [2.75, 3.05) is 6.54 Å². The van der Waals surface area contributed by atoms with E-state index in [2.05, 4.69) is 16.2 Å². The van der Waals surface area contributed by atoms with Crippen molar-refractivity contribution < 1.29 is 4.79 Å². The highest BCUT2D eigenvalue weighted by molar-refractivity contribution is 5.79. The van der Waals surface area contributed by atoms with Gasteiger partial charge in [0.1, 0.15) is 0 Å². The Balaban J connectivity index is 2.55. The SMILES string of the molecule is O=C1CCN=C=CN1. The molecule has 0 fully saturated rings. The van der Waals surface area contributed by atoms with E-state index in [1.165, 1.54) is 6.20 Å². The molecular formula is C5H6N2O. The number of carbonyl (C=O) groups is 1. The van der Waals surface area contributed by atoms with Crippen molar-refractivity contribution in [3.63, 3.8) is 0 Å². The van der Waals surface area contributed by atoms with Crippen LogP contribution in [-0.4, -0.2) is 18.3 Å². The average molecular weight is 110 g/mol. The third kappa shape index (κ3) is 1.21. The lowest BCUT2D eigenvalue weighted by molar-refractivity contribution is -0.119. The first-order valence-electron chi connectivity index (χ1n) is 2.42. The Morgan fingerprint density at radius 3 is 3.62 bits per heavy atom. The fourth-order valence-corrected chi connectivity index (χ4v) is 0.453. The minimum atomic E-state index is 0.0127. The Morgan fingerprint density at radius 2 is 2.75 bits per heavy atom. The molecule has 3 nitrogen and oxygen atoms in total. The first-order chi connectivity index (χ1) is 3.89. The summed E-state index contributed by atoms with van der Waals surface area (Å²) in [5.74, 6) is 2.56. The van der Waals surface area contributed by atoms with Crippen LogP contribution < -0.4 is 5.32 Å². The molecule has 0 aliphatic carbocycles. The molecule has 1 rings (SSSR count). The van der Waals surface area contributed by atoms with Crippen molar-refractivity contribution in [3.05, 3.63) is 6.20 Å². The van der Waals surface area contributed by atoms with Crippen LogP contribution in [0.25, 0.3) is 0 Å². The van der Waals surface area contributed by atoms with E-state index in [4.69, 9.17) is 0 Å². The third-order valence-corrected chi connectivity index (χ3v) is 0.840. The lowest BCUT2D eigenvalue weighted by atomic mass is 10.4. The maximum Gasteiger partial charge on any atom is 0.226 e. The van der Waals surface area contributed by atoms with Crippen LogP contribution in [0.1, 0.15) is 6.42 Å². The molecule has 0 bridgehead atoms. The van der Waals surface area contributed by atoms with E-state index in [-0.39, 0.29) is 5.91 Å². The quantitative estimate of drug-likeness (QED) is 0.456. The summed E-state index contributed by atoms with van der Waals surface area (Å²) in [6.07, 6.45) is 1.90. The van der Waals surface area contributed by atoms with Gasteiger partial charge in [0.15, 0.2) is 0 Å². The summed E-state index contributed by atoms with van der Waals surface area (Å²) in [6.45, 7) is 0.558. The molecule has 0 radical (unpaired) electrons. The summed E-state index contributed by atoms with van der Waals surface area (Å²) in [4.78, 5) is 14.2. The molecule has 0 spiro atoms. The highest BCUT2D eigenvalue weighted by Gasteiger charge is 1.96. The second kappa shape index (κ2) is 2.28. The van der Waals surface area contributed by atoms with Gasteiger partial charge in [-0.1, -0.05) is 0 Å². The molecular weight excluding hydrogens is 104 g/mol. The molecule has 1 aliphatic rings. The van der Waals surface area contributed by atoms with Crippen LogP contribution in [-0.2, 0) is 4.79 Å². The van der Waals surface area contributed by atoms with Crippen LogP contribution in [0.15, 0.2) is 11.2 Å². The minimum Gasteiger partial charge on any atom is -0.324 e. The molecule has 0 saturated carbocycles. The topological polar surface area (TPSA) is 41.5 Å². The molecule has 3 heteroatoms. The first-order valence-corrected chi connectivity index (χ1v) is 2.42. The zero-order valence-electron chi connectivity index (χ0n) is 4.35. The van der Waals surface area contributed by atoms with E-state index in [0.29, 0.717) is 13.0 Å². The van der Waals surface area contributed by atoms with Gasteiger partial charge in [0.25, 0.3) is 0 Å². The fourth-order valence-electron chi connectivity index (χ4n) is 0.453. The summed E-state index contributed by atoms with van der Waals surface area (Å²) in [5, 5.41) is 2.48. The molecule has 1 aliphatic heterocycles. The van der Waals surface area contributed by atoms with Crippen LogP contribution in [0, 0.1) is 0 Å². The molecule has 0 aromatic carbocycles. The van der Waals surface area contributed by atoms with Gasteiger partial charge in [0.05, 0.1) is 12.7 Å². The predicted molar refractivity (Wildman–Crippen MR) is 29.6 cm³/mol. The Labute approximate surface area is 47.1 Å². The second-order valence-corrected chi connectivity index (χ2v) is 1.47. The highest BCUT2D eigenvalue weighted by atomic mass is 16.1. The summed E-state index contributed by atoms with van der Waals surface area (Å²) in [6, 6.07) is 0. The minimum absolute atomic E-state index is 0.0127. The monoisotopic (exact) mass is 110 g/mol. The standard InChI is InChI=1S/C5H6N2O/c8-5-1-2-6-3-4-7-5/h4H,1-2H2,(H,7,8). The van der Waals surface area contributed by atoms with E-state index < -0.39 is 0 Å². The summed E-state index contributed by atoms with van der Waals surface area (Å²) >= 11 is 0. The van der Waals surface area contributed by atoms with Crippen molar-refractivity contribution in [2.24, 2.45) is 4.99 Å². The van der Waals surface area contributed by atoms with Gasteiger partial charge in [-0.15, -0.1) is 0 Å². The number of hydrogen-bond acceptors (Lipinski definition) is 2. The molecule has 1 heterocycles. The Hall–Kier alpha value is -1.08. The highest BCUT2D eigenvalue weighted by Crippen LogP contribution is 1.81. The van der Waals surface area contributed by atoms with E-state index in [1.54, 1.807) is 0 Å². The molecule has 0 atom stereocenters. The van der Waals surface area contributed by atoms with Crippen LogP contribution in [0.4, 0.5) is 0 Å². The number of rotatable bonds is 0. The first kappa shape index (κ1) is 5.06. The molecule has 1 N–H and O–H groups in total. The fraction of sp³-hybridized carbons (Fsp3) is 0.400. The smallest absolute Gasteiger partial charge is 0.226 e. The molecule has 8 heavy (non-hydrogen) atoms. The van der Waals surface area contributed by atoms with Gasteiger partial charge in [0.2, 0.25) is 5.91 Å². The van der Waals surface area contributed by atoms with Gasteiger partial charge >= 0.3 is 0 Å². The van der Waals surface area contributed by atoms with Crippen LogP contribution in [0.3, 0.4) is 0 Å². The van der Waals surface area contributed by atoms with E-state index in [9.17, 15) is 4.79 Å². The zero-order chi connectivity index (χ0) is 5.82. The maximum atomic E-state index is 10.4. The van der Waals surface area contributed by atoms with Crippen molar-refractivity contribution in [2.45, 2.75) is 6.42 Å². The average Bonchev–Trinajstić information content (AvgIpc) is 1.94. The summed E-state index contributed by atoms with van der Waals surface area (Å²) in [7, 11) is 0. The molecule has 0 aromatic heterocycles. The van der Waals surface area contributed by atoms with Gasteiger partial charge < -0.3 is 5.32 Å². The van der Waals surface area contributed by atoms with Gasteiger partial charge in [-0.05, 0) is 5.87 Å². The molecule has 42 valence electrons. The van der Waals surface area contributed by atoms with Gasteiger partial charge in [-0.3, -0.25) is 4.79 Å². The van der Waals surface area contributed by atoms with E-state index in [0.717, 1.165) is 0 Å². The van der Waals surface area contributed by atoms with Gasteiger partial charge in [-0.2, -0.15) is 0 Å². The molecule has 1 amide bonds. The van der Waals surface area contributed by atoms with Crippen LogP contribution in [0.5, 0.6) is 0 Å². The number of carbonyl (C=O) groups excluding carboxylic acids is 1. The lowest BCUT2D eigenvalue weighted by Crippen LogP contribution is -2.15. The van der Waals surface area contributed by atoms with Crippen molar-refractivity contribution >= 4 is 11.8 Å². The lowest BCUT2D eigenvalue weighted by Gasteiger charge is -1.89. The van der Waals surface area contributed by atoms with E-state index in [1.807, 2.05) is 0 Å². The second-order valence-electron chi connectivity index (χ2n) is 1.47. The van der Waals surface area contributed by atoms with Gasteiger partial charge in [0, 0.05) is 6.42 Å². The maximum absolute atomic E-state index is 10.4. The predicted octanol–water partition coefficient (Wildman–Crippen LogP) is -0.310. The van der Waals surface area contributed by atoms with Crippen LogP contribution in [0.2, 0.25) is 0 Å².